The predicted octanol–water partition coefficient (Wildman–Crippen LogP) is 4.69. The molecular formula is C21H36ClNO3. The van der Waals surface area contributed by atoms with Gasteiger partial charge in [0.2, 0.25) is 0 Å². The number of allylic oxidation sites excluding steroid dienone is 1. The SMILES string of the molecule is C/C=C/c1ccc(OCC(O)CNC(C)(C)CC(C)(C)C)c(OC)c1.Cl. The van der Waals surface area contributed by atoms with Crippen molar-refractivity contribution in [3.63, 3.8) is 0 Å². The minimum Gasteiger partial charge on any atom is -0.493 e. The molecule has 26 heavy (non-hydrogen) atoms. The first-order valence-electron chi connectivity index (χ1n) is 8.93. The number of benzene rings is 1. The lowest BCUT2D eigenvalue weighted by Crippen LogP contribution is -2.46. The molecule has 0 radical (unpaired) electrons. The van der Waals surface area contributed by atoms with Crippen molar-refractivity contribution < 1.29 is 14.6 Å². The summed E-state index contributed by atoms with van der Waals surface area (Å²) in [5, 5.41) is 13.7. The van der Waals surface area contributed by atoms with E-state index >= 15 is 0 Å². The zero-order valence-corrected chi connectivity index (χ0v) is 18.1. The number of nitrogens with one attached hydrogen (secondary N) is 1. The third-order valence-corrected chi connectivity index (χ3v) is 3.77. The highest BCUT2D eigenvalue weighted by Gasteiger charge is 2.25. The molecule has 1 unspecified atom stereocenters. The predicted molar refractivity (Wildman–Crippen MR) is 113 cm³/mol. The molecule has 0 aliphatic carbocycles. The zero-order chi connectivity index (χ0) is 19.1. The van der Waals surface area contributed by atoms with E-state index in [1.54, 1.807) is 7.11 Å². The van der Waals surface area contributed by atoms with Gasteiger partial charge in [-0.1, -0.05) is 39.0 Å². The first kappa shape index (κ1) is 24.8. The van der Waals surface area contributed by atoms with E-state index in [4.69, 9.17) is 9.47 Å². The molecule has 1 aromatic rings. The van der Waals surface area contributed by atoms with E-state index < -0.39 is 6.10 Å². The second-order valence-corrected chi connectivity index (χ2v) is 8.38. The second-order valence-electron chi connectivity index (χ2n) is 8.38. The molecule has 0 aliphatic heterocycles. The van der Waals surface area contributed by atoms with Crippen LogP contribution < -0.4 is 14.8 Å². The molecule has 0 spiro atoms. The van der Waals surface area contributed by atoms with Gasteiger partial charge >= 0.3 is 0 Å². The summed E-state index contributed by atoms with van der Waals surface area (Å²) in [5.41, 5.74) is 1.25. The second kappa shape index (κ2) is 10.8. The largest absolute Gasteiger partial charge is 0.493 e. The van der Waals surface area contributed by atoms with Crippen LogP contribution in [0.5, 0.6) is 11.5 Å². The molecule has 0 aromatic heterocycles. The van der Waals surface area contributed by atoms with Crippen LogP contribution in [-0.2, 0) is 0 Å². The van der Waals surface area contributed by atoms with Crippen molar-refractivity contribution in [1.82, 2.24) is 5.32 Å². The monoisotopic (exact) mass is 385 g/mol. The molecule has 1 rings (SSSR count). The number of ether oxygens (including phenoxy) is 2. The lowest BCUT2D eigenvalue weighted by Gasteiger charge is -2.34. The molecule has 0 fully saturated rings. The van der Waals surface area contributed by atoms with Crippen molar-refractivity contribution in [3.8, 4) is 11.5 Å². The normalized spacial score (nSPS) is 13.4. The quantitative estimate of drug-likeness (QED) is 0.647. The molecule has 150 valence electrons. The fraction of sp³-hybridized carbons (Fsp3) is 0.619. The summed E-state index contributed by atoms with van der Waals surface area (Å²) < 4.78 is 11.1. The van der Waals surface area contributed by atoms with Gasteiger partial charge in [-0.05, 0) is 50.3 Å². The smallest absolute Gasteiger partial charge is 0.161 e. The van der Waals surface area contributed by atoms with Crippen molar-refractivity contribution in [2.75, 3.05) is 20.3 Å². The fourth-order valence-electron chi connectivity index (χ4n) is 3.13. The van der Waals surface area contributed by atoms with Crippen LogP contribution in [0, 0.1) is 5.41 Å². The Kier molecular flexibility index (Phi) is 10.3. The van der Waals surface area contributed by atoms with Gasteiger partial charge < -0.3 is 19.9 Å². The summed E-state index contributed by atoms with van der Waals surface area (Å²) in [6.45, 7) is 13.7. The molecule has 1 atom stereocenters. The summed E-state index contributed by atoms with van der Waals surface area (Å²) in [6, 6.07) is 5.76. The first-order chi connectivity index (χ1) is 11.6. The number of rotatable bonds is 9. The Hall–Kier alpha value is -1.23. The maximum absolute atomic E-state index is 10.2. The third kappa shape index (κ3) is 9.46. The fourth-order valence-corrected chi connectivity index (χ4v) is 3.13. The van der Waals surface area contributed by atoms with Crippen LogP contribution in [0.2, 0.25) is 0 Å². The molecule has 0 saturated carbocycles. The third-order valence-electron chi connectivity index (χ3n) is 3.77. The Labute approximate surface area is 165 Å². The number of halogens is 1. The molecule has 0 saturated heterocycles. The van der Waals surface area contributed by atoms with E-state index in [9.17, 15) is 5.11 Å². The summed E-state index contributed by atoms with van der Waals surface area (Å²) >= 11 is 0. The van der Waals surface area contributed by atoms with Gasteiger partial charge in [0.15, 0.2) is 11.5 Å². The minimum atomic E-state index is -0.584. The standard InChI is InChI=1S/C21H35NO3.ClH/c1-8-9-16-10-11-18(19(12-16)24-7)25-14-17(23)13-22-21(5,6)15-20(2,3)4;/h8-12,17,22-23H,13-15H2,1-7H3;1H/b9-8+;. The van der Waals surface area contributed by atoms with Crippen molar-refractivity contribution in [2.24, 2.45) is 5.41 Å². The van der Waals surface area contributed by atoms with E-state index in [0.29, 0.717) is 18.0 Å². The van der Waals surface area contributed by atoms with E-state index in [1.807, 2.05) is 37.3 Å². The van der Waals surface area contributed by atoms with Gasteiger partial charge in [0, 0.05) is 12.1 Å². The number of hydrogen-bond acceptors (Lipinski definition) is 4. The highest BCUT2D eigenvalue weighted by atomic mass is 35.5. The lowest BCUT2D eigenvalue weighted by atomic mass is 9.82. The molecule has 0 amide bonds. The lowest BCUT2D eigenvalue weighted by molar-refractivity contribution is 0.0930. The van der Waals surface area contributed by atoms with Crippen LogP contribution in [0.15, 0.2) is 24.3 Å². The summed E-state index contributed by atoms with van der Waals surface area (Å²) in [6.07, 6.45) is 4.42. The number of aliphatic hydroxyl groups excluding tert-OH is 1. The van der Waals surface area contributed by atoms with Crippen LogP contribution >= 0.6 is 12.4 Å². The van der Waals surface area contributed by atoms with Crippen LogP contribution in [-0.4, -0.2) is 37.0 Å². The van der Waals surface area contributed by atoms with Gasteiger partial charge in [-0.15, -0.1) is 12.4 Å². The van der Waals surface area contributed by atoms with Gasteiger partial charge in [0.1, 0.15) is 12.7 Å². The average molecular weight is 386 g/mol. The topological polar surface area (TPSA) is 50.7 Å². The van der Waals surface area contributed by atoms with Gasteiger partial charge in [-0.2, -0.15) is 0 Å². The minimum absolute atomic E-state index is 0. The van der Waals surface area contributed by atoms with Gasteiger partial charge in [0.25, 0.3) is 0 Å². The van der Waals surface area contributed by atoms with E-state index in [0.717, 1.165) is 12.0 Å². The number of hydrogen-bond donors (Lipinski definition) is 2. The van der Waals surface area contributed by atoms with Crippen LogP contribution in [0.4, 0.5) is 0 Å². The highest BCUT2D eigenvalue weighted by molar-refractivity contribution is 5.85. The van der Waals surface area contributed by atoms with E-state index in [2.05, 4.69) is 39.9 Å². The maximum Gasteiger partial charge on any atom is 0.161 e. The van der Waals surface area contributed by atoms with Gasteiger partial charge in [-0.3, -0.25) is 0 Å². The molecule has 1 aromatic carbocycles. The van der Waals surface area contributed by atoms with E-state index in [-0.39, 0.29) is 30.0 Å². The number of aliphatic hydroxyl groups is 1. The summed E-state index contributed by atoms with van der Waals surface area (Å²) in [4.78, 5) is 0. The Morgan fingerprint density at radius 3 is 2.35 bits per heavy atom. The molecule has 0 heterocycles. The van der Waals surface area contributed by atoms with Crippen molar-refractivity contribution in [2.45, 2.75) is 59.6 Å². The van der Waals surface area contributed by atoms with Gasteiger partial charge in [-0.25, -0.2) is 0 Å². The molecular weight excluding hydrogens is 350 g/mol. The van der Waals surface area contributed by atoms with Crippen molar-refractivity contribution >= 4 is 18.5 Å². The van der Waals surface area contributed by atoms with Crippen LogP contribution in [0.25, 0.3) is 6.08 Å². The van der Waals surface area contributed by atoms with Gasteiger partial charge in [0.05, 0.1) is 7.11 Å². The molecule has 2 N–H and O–H groups in total. The Morgan fingerprint density at radius 2 is 1.81 bits per heavy atom. The number of methoxy groups -OCH3 is 1. The highest BCUT2D eigenvalue weighted by Crippen LogP contribution is 2.29. The Bertz CT molecular complexity index is 565. The Balaban J connectivity index is 0.00000625. The maximum atomic E-state index is 10.2. The zero-order valence-electron chi connectivity index (χ0n) is 17.3. The first-order valence-corrected chi connectivity index (χ1v) is 8.93. The van der Waals surface area contributed by atoms with Crippen LogP contribution in [0.3, 0.4) is 0 Å². The molecule has 5 heteroatoms. The summed E-state index contributed by atoms with van der Waals surface area (Å²) in [7, 11) is 1.62. The Morgan fingerprint density at radius 1 is 1.15 bits per heavy atom. The molecule has 4 nitrogen and oxygen atoms in total. The van der Waals surface area contributed by atoms with Crippen molar-refractivity contribution in [1.29, 1.82) is 0 Å². The summed E-state index contributed by atoms with van der Waals surface area (Å²) in [5.74, 6) is 1.31. The van der Waals surface area contributed by atoms with Crippen molar-refractivity contribution in [3.05, 3.63) is 29.8 Å². The molecule has 0 aliphatic rings. The number of β-amino-alcohol motifs (C(OH)–C–C–N with tert-alkyl or cyclic N) is 1. The molecule has 0 bridgehead atoms. The van der Waals surface area contributed by atoms with E-state index in [1.165, 1.54) is 0 Å². The van der Waals surface area contributed by atoms with Crippen LogP contribution in [0.1, 0.15) is 53.5 Å². The average Bonchev–Trinajstić information content (AvgIpc) is 2.49.